The first kappa shape index (κ1) is 17.8. The number of amides is 1. The maximum atomic E-state index is 12.0. The molecule has 24 heavy (non-hydrogen) atoms. The summed E-state index contributed by atoms with van der Waals surface area (Å²) in [6.45, 7) is 1.51. The third kappa shape index (κ3) is 5.59. The Morgan fingerprint density at radius 1 is 0.958 bits per heavy atom. The number of carbonyl (C=O) groups excluding carboxylic acids is 1. The van der Waals surface area contributed by atoms with Crippen LogP contribution in [0.5, 0.6) is 11.5 Å². The molecule has 0 spiro atoms. The molecule has 0 atom stereocenters. The molecule has 0 fully saturated rings. The Kier molecular flexibility index (Phi) is 7.11. The molecule has 1 amide bonds. The minimum atomic E-state index is -0.0504. The number of nitrogens with one attached hydrogen (secondary N) is 1. The molecule has 5 nitrogen and oxygen atoms in total. The zero-order chi connectivity index (χ0) is 17.2. The van der Waals surface area contributed by atoms with Gasteiger partial charge in [0.25, 0.3) is 0 Å². The largest absolute Gasteiger partial charge is 0.493 e. The minimum absolute atomic E-state index is 0.0504. The Morgan fingerprint density at radius 2 is 1.71 bits per heavy atom. The summed E-state index contributed by atoms with van der Waals surface area (Å²) in [6, 6.07) is 15.4. The molecule has 0 radical (unpaired) electrons. The average Bonchev–Trinajstić information content (AvgIpc) is 2.62. The Balaban J connectivity index is 1.69. The summed E-state index contributed by atoms with van der Waals surface area (Å²) in [7, 11) is 3.16. The van der Waals surface area contributed by atoms with Crippen LogP contribution in [0.4, 0.5) is 0 Å². The van der Waals surface area contributed by atoms with E-state index >= 15 is 0 Å². The Labute approximate surface area is 142 Å². The summed E-state index contributed by atoms with van der Waals surface area (Å²) in [5.41, 5.74) is 1.99. The Morgan fingerprint density at radius 3 is 2.42 bits per heavy atom. The van der Waals surface area contributed by atoms with Crippen molar-refractivity contribution in [1.82, 2.24) is 5.32 Å². The van der Waals surface area contributed by atoms with E-state index in [0.717, 1.165) is 11.1 Å². The highest BCUT2D eigenvalue weighted by atomic mass is 16.5. The summed E-state index contributed by atoms with van der Waals surface area (Å²) in [6.07, 6.45) is 0.291. The molecule has 128 valence electrons. The normalized spacial score (nSPS) is 10.2. The van der Waals surface area contributed by atoms with Gasteiger partial charge in [0.05, 0.1) is 33.9 Å². The zero-order valence-corrected chi connectivity index (χ0v) is 14.1. The van der Waals surface area contributed by atoms with Crippen molar-refractivity contribution in [3.05, 3.63) is 59.7 Å². The van der Waals surface area contributed by atoms with E-state index in [1.807, 2.05) is 42.5 Å². The van der Waals surface area contributed by atoms with Crippen LogP contribution in [0.25, 0.3) is 0 Å². The van der Waals surface area contributed by atoms with Crippen molar-refractivity contribution in [1.29, 1.82) is 0 Å². The van der Waals surface area contributed by atoms with Crippen LogP contribution in [0.15, 0.2) is 48.5 Å². The second-order valence-electron chi connectivity index (χ2n) is 5.25. The Bertz CT molecular complexity index is 643. The first-order valence-corrected chi connectivity index (χ1v) is 7.82. The van der Waals surface area contributed by atoms with Crippen molar-refractivity contribution >= 4 is 5.91 Å². The molecule has 0 aliphatic heterocycles. The van der Waals surface area contributed by atoms with E-state index in [1.165, 1.54) is 0 Å². The van der Waals surface area contributed by atoms with Crippen LogP contribution in [0.3, 0.4) is 0 Å². The number of hydrogen-bond donors (Lipinski definition) is 1. The molecule has 0 aliphatic rings. The molecule has 1 N–H and O–H groups in total. The number of benzene rings is 2. The lowest BCUT2D eigenvalue weighted by Crippen LogP contribution is -2.28. The highest BCUT2D eigenvalue weighted by Crippen LogP contribution is 2.27. The standard InChI is InChI=1S/C19H23NO4/c1-22-17-9-8-16(12-18(17)23-2)13-19(21)20-10-11-24-14-15-6-4-3-5-7-15/h3-9,12H,10-11,13-14H2,1-2H3,(H,20,21). The van der Waals surface area contributed by atoms with E-state index in [-0.39, 0.29) is 5.91 Å². The van der Waals surface area contributed by atoms with Crippen LogP contribution < -0.4 is 14.8 Å². The van der Waals surface area contributed by atoms with Crippen LogP contribution in [0.2, 0.25) is 0 Å². The van der Waals surface area contributed by atoms with Gasteiger partial charge in [-0.25, -0.2) is 0 Å². The van der Waals surface area contributed by atoms with Crippen molar-refractivity contribution in [2.45, 2.75) is 13.0 Å². The molecular formula is C19H23NO4. The molecule has 2 aromatic carbocycles. The molecule has 0 saturated heterocycles. The highest BCUT2D eigenvalue weighted by molar-refractivity contribution is 5.78. The smallest absolute Gasteiger partial charge is 0.224 e. The maximum absolute atomic E-state index is 12.0. The fraction of sp³-hybridized carbons (Fsp3) is 0.316. The highest BCUT2D eigenvalue weighted by Gasteiger charge is 2.08. The van der Waals surface area contributed by atoms with Crippen molar-refractivity contribution in [2.75, 3.05) is 27.4 Å². The van der Waals surface area contributed by atoms with Gasteiger partial charge in [-0.05, 0) is 23.3 Å². The van der Waals surface area contributed by atoms with Crippen LogP contribution >= 0.6 is 0 Å². The van der Waals surface area contributed by atoms with E-state index < -0.39 is 0 Å². The summed E-state index contributed by atoms with van der Waals surface area (Å²) in [4.78, 5) is 12.0. The minimum Gasteiger partial charge on any atom is -0.493 e. The molecule has 2 rings (SSSR count). The predicted octanol–water partition coefficient (Wildman–Crippen LogP) is 2.58. The summed E-state index contributed by atoms with van der Waals surface area (Å²) in [5.74, 6) is 1.22. The lowest BCUT2D eigenvalue weighted by molar-refractivity contribution is -0.120. The van der Waals surface area contributed by atoms with Gasteiger partial charge in [-0.15, -0.1) is 0 Å². The lowest BCUT2D eigenvalue weighted by Gasteiger charge is -2.10. The molecular weight excluding hydrogens is 306 g/mol. The van der Waals surface area contributed by atoms with Gasteiger partial charge in [0, 0.05) is 6.54 Å². The van der Waals surface area contributed by atoms with Crippen molar-refractivity contribution < 1.29 is 19.0 Å². The van der Waals surface area contributed by atoms with Gasteiger partial charge < -0.3 is 19.5 Å². The summed E-state index contributed by atoms with van der Waals surface area (Å²) >= 11 is 0. The fourth-order valence-corrected chi connectivity index (χ4v) is 2.27. The first-order valence-electron chi connectivity index (χ1n) is 7.82. The second kappa shape index (κ2) is 9.57. The van der Waals surface area contributed by atoms with Crippen molar-refractivity contribution in [3.8, 4) is 11.5 Å². The van der Waals surface area contributed by atoms with Gasteiger partial charge in [-0.1, -0.05) is 36.4 Å². The average molecular weight is 329 g/mol. The molecule has 0 heterocycles. The number of methoxy groups -OCH3 is 2. The van der Waals surface area contributed by atoms with Crippen LogP contribution in [-0.4, -0.2) is 33.3 Å². The van der Waals surface area contributed by atoms with Gasteiger partial charge in [-0.2, -0.15) is 0 Å². The zero-order valence-electron chi connectivity index (χ0n) is 14.1. The predicted molar refractivity (Wildman–Crippen MR) is 92.4 cm³/mol. The summed E-state index contributed by atoms with van der Waals surface area (Å²) in [5, 5.41) is 2.85. The third-order valence-corrected chi connectivity index (χ3v) is 3.49. The van der Waals surface area contributed by atoms with E-state index in [2.05, 4.69) is 5.32 Å². The van der Waals surface area contributed by atoms with Gasteiger partial charge in [0.1, 0.15) is 0 Å². The van der Waals surface area contributed by atoms with Crippen LogP contribution in [0.1, 0.15) is 11.1 Å². The SMILES string of the molecule is COc1ccc(CC(=O)NCCOCc2ccccc2)cc1OC. The number of ether oxygens (including phenoxy) is 3. The first-order chi connectivity index (χ1) is 11.7. The Hall–Kier alpha value is -2.53. The molecule has 5 heteroatoms. The topological polar surface area (TPSA) is 56.8 Å². The number of hydrogen-bond acceptors (Lipinski definition) is 4. The lowest BCUT2D eigenvalue weighted by atomic mass is 10.1. The van der Waals surface area contributed by atoms with Crippen LogP contribution in [0, 0.1) is 0 Å². The number of carbonyl (C=O) groups is 1. The fourth-order valence-electron chi connectivity index (χ4n) is 2.27. The molecule has 0 bridgehead atoms. The van der Waals surface area contributed by atoms with E-state index in [1.54, 1.807) is 20.3 Å². The third-order valence-electron chi connectivity index (χ3n) is 3.49. The second-order valence-corrected chi connectivity index (χ2v) is 5.25. The molecule has 0 aromatic heterocycles. The van der Waals surface area contributed by atoms with E-state index in [4.69, 9.17) is 14.2 Å². The van der Waals surface area contributed by atoms with Crippen molar-refractivity contribution in [3.63, 3.8) is 0 Å². The number of rotatable bonds is 9. The van der Waals surface area contributed by atoms with Gasteiger partial charge in [-0.3, -0.25) is 4.79 Å². The monoisotopic (exact) mass is 329 g/mol. The quantitative estimate of drug-likeness (QED) is 0.719. The van der Waals surface area contributed by atoms with E-state index in [9.17, 15) is 4.79 Å². The van der Waals surface area contributed by atoms with Gasteiger partial charge >= 0.3 is 0 Å². The van der Waals surface area contributed by atoms with Crippen LogP contribution in [-0.2, 0) is 22.6 Å². The van der Waals surface area contributed by atoms with Crippen molar-refractivity contribution in [2.24, 2.45) is 0 Å². The summed E-state index contributed by atoms with van der Waals surface area (Å²) < 4.78 is 16.0. The molecule has 0 aliphatic carbocycles. The molecule has 2 aromatic rings. The van der Waals surface area contributed by atoms with E-state index in [0.29, 0.717) is 37.7 Å². The molecule has 0 unspecified atom stereocenters. The molecule has 0 saturated carbocycles. The van der Waals surface area contributed by atoms with Gasteiger partial charge in [0.2, 0.25) is 5.91 Å². The maximum Gasteiger partial charge on any atom is 0.224 e. The van der Waals surface area contributed by atoms with Gasteiger partial charge in [0.15, 0.2) is 11.5 Å².